The van der Waals surface area contributed by atoms with E-state index < -0.39 is 15.8 Å². The van der Waals surface area contributed by atoms with E-state index in [0.29, 0.717) is 0 Å². The van der Waals surface area contributed by atoms with Crippen molar-refractivity contribution in [1.82, 2.24) is 4.89 Å². The molecule has 1 saturated carbocycles. The lowest BCUT2D eigenvalue weighted by molar-refractivity contribution is 0.0223. The van der Waals surface area contributed by atoms with Gasteiger partial charge in [-0.3, -0.25) is 4.84 Å². The Bertz CT molecular complexity index is 529. The van der Waals surface area contributed by atoms with Crippen LogP contribution in [0.5, 0.6) is 0 Å². The monoisotopic (exact) mass is 337 g/mol. The van der Waals surface area contributed by atoms with E-state index >= 15 is 0 Å². The molecule has 0 spiro atoms. The van der Waals surface area contributed by atoms with Crippen molar-refractivity contribution in [3.8, 4) is 0 Å². The second-order valence-corrected chi connectivity index (χ2v) is 6.65. The second kappa shape index (κ2) is 5.64. The average Bonchev–Trinajstić information content (AvgIpc) is 2.78. The van der Waals surface area contributed by atoms with Crippen LogP contribution in [0.2, 0.25) is 0 Å². The maximum Gasteiger partial charge on any atom is 0.263 e. The van der Waals surface area contributed by atoms with Gasteiger partial charge in [0, 0.05) is 4.47 Å². The van der Waals surface area contributed by atoms with Gasteiger partial charge in [0.15, 0.2) is 0 Å². The van der Waals surface area contributed by atoms with Gasteiger partial charge >= 0.3 is 0 Å². The minimum absolute atomic E-state index is 0.0399. The van der Waals surface area contributed by atoms with Crippen molar-refractivity contribution < 1.29 is 17.6 Å². The van der Waals surface area contributed by atoms with Crippen LogP contribution in [-0.2, 0) is 14.9 Å². The average molecular weight is 338 g/mol. The summed E-state index contributed by atoms with van der Waals surface area (Å²) in [5, 5.41) is 0. The van der Waals surface area contributed by atoms with Crippen molar-refractivity contribution in [1.29, 1.82) is 0 Å². The van der Waals surface area contributed by atoms with Gasteiger partial charge in [-0.15, -0.1) is 0 Å². The highest BCUT2D eigenvalue weighted by atomic mass is 79.9. The fourth-order valence-corrected chi connectivity index (χ4v) is 3.78. The van der Waals surface area contributed by atoms with Crippen LogP contribution in [0, 0.1) is 5.82 Å². The van der Waals surface area contributed by atoms with Crippen molar-refractivity contribution in [3.05, 3.63) is 28.5 Å². The summed E-state index contributed by atoms with van der Waals surface area (Å²) in [4.78, 5) is 7.21. The summed E-state index contributed by atoms with van der Waals surface area (Å²) in [5.74, 6) is -0.502. The molecule has 0 radical (unpaired) electrons. The summed E-state index contributed by atoms with van der Waals surface area (Å²) < 4.78 is 36.9. The van der Waals surface area contributed by atoms with Gasteiger partial charge in [0.05, 0.1) is 11.0 Å². The summed E-state index contributed by atoms with van der Waals surface area (Å²) >= 11 is 3.02. The number of halogens is 2. The molecule has 0 unspecified atom stereocenters. The van der Waals surface area contributed by atoms with Crippen molar-refractivity contribution in [2.75, 3.05) is 0 Å². The molecule has 2 rings (SSSR count). The van der Waals surface area contributed by atoms with E-state index in [1.165, 1.54) is 6.07 Å². The van der Waals surface area contributed by atoms with Crippen molar-refractivity contribution in [3.63, 3.8) is 0 Å². The third-order valence-electron chi connectivity index (χ3n) is 2.81. The molecule has 1 aliphatic carbocycles. The lowest BCUT2D eigenvalue weighted by Gasteiger charge is -2.12. The quantitative estimate of drug-likeness (QED) is 0.859. The van der Waals surface area contributed by atoms with E-state index in [4.69, 9.17) is 4.84 Å². The van der Waals surface area contributed by atoms with Gasteiger partial charge in [0.25, 0.3) is 10.0 Å². The highest BCUT2D eigenvalue weighted by Gasteiger charge is 2.22. The Morgan fingerprint density at radius 1 is 1.33 bits per heavy atom. The predicted molar refractivity (Wildman–Crippen MR) is 67.8 cm³/mol. The molecule has 7 heteroatoms. The van der Waals surface area contributed by atoms with Gasteiger partial charge in [-0.05, 0) is 47.0 Å². The zero-order valence-electron chi connectivity index (χ0n) is 9.53. The van der Waals surface area contributed by atoms with Crippen LogP contribution in [0.3, 0.4) is 0 Å². The minimum Gasteiger partial charge on any atom is -0.284 e. The number of nitrogens with one attached hydrogen (secondary N) is 1. The molecule has 4 nitrogen and oxygen atoms in total. The Kier molecular flexibility index (Phi) is 4.37. The molecule has 100 valence electrons. The summed E-state index contributed by atoms with van der Waals surface area (Å²) in [5.41, 5.74) is 0. The first-order valence-electron chi connectivity index (χ1n) is 5.61. The number of sulfonamides is 1. The van der Waals surface area contributed by atoms with E-state index in [1.807, 2.05) is 0 Å². The van der Waals surface area contributed by atoms with Crippen LogP contribution in [0.25, 0.3) is 0 Å². The van der Waals surface area contributed by atoms with Crippen LogP contribution >= 0.6 is 15.9 Å². The Balaban J connectivity index is 2.09. The van der Waals surface area contributed by atoms with E-state index in [0.717, 1.165) is 37.8 Å². The maximum atomic E-state index is 12.9. The predicted octanol–water partition coefficient (Wildman–Crippen LogP) is 2.74. The standard InChI is InChI=1S/C11H13BrFNO3S/c12-10-7-8(13)5-6-11(10)18(15,16)14-17-9-3-1-2-4-9/h5-7,9,14H,1-4H2. The van der Waals surface area contributed by atoms with Gasteiger partial charge in [0.1, 0.15) is 5.82 Å². The molecular weight excluding hydrogens is 325 g/mol. The van der Waals surface area contributed by atoms with E-state index in [2.05, 4.69) is 20.8 Å². The summed E-state index contributed by atoms with van der Waals surface area (Å²) in [6, 6.07) is 3.39. The molecule has 0 amide bonds. The fourth-order valence-electron chi connectivity index (χ4n) is 1.88. The molecule has 1 aromatic carbocycles. The normalized spacial score (nSPS) is 17.2. The van der Waals surface area contributed by atoms with Gasteiger partial charge in [-0.25, -0.2) is 12.8 Å². The lowest BCUT2D eigenvalue weighted by atomic mass is 10.3. The molecule has 0 bridgehead atoms. The Hall–Kier alpha value is -0.500. The third-order valence-corrected chi connectivity index (χ3v) is 4.98. The molecule has 1 fully saturated rings. The smallest absolute Gasteiger partial charge is 0.263 e. The van der Waals surface area contributed by atoms with Crippen molar-refractivity contribution in [2.45, 2.75) is 36.7 Å². The topological polar surface area (TPSA) is 55.4 Å². The molecule has 0 atom stereocenters. The van der Waals surface area contributed by atoms with Crippen LogP contribution in [-0.4, -0.2) is 14.5 Å². The highest BCUT2D eigenvalue weighted by Crippen LogP contribution is 2.24. The summed E-state index contributed by atoms with van der Waals surface area (Å²) in [6.45, 7) is 0. The summed E-state index contributed by atoms with van der Waals surface area (Å²) in [6.07, 6.45) is 3.73. The van der Waals surface area contributed by atoms with E-state index in [-0.39, 0.29) is 15.5 Å². The van der Waals surface area contributed by atoms with Gasteiger partial charge in [0.2, 0.25) is 0 Å². The molecule has 0 saturated heterocycles. The van der Waals surface area contributed by atoms with Crippen LogP contribution in [0.4, 0.5) is 4.39 Å². The minimum atomic E-state index is -3.78. The molecule has 1 aliphatic rings. The van der Waals surface area contributed by atoms with Crippen LogP contribution in [0.15, 0.2) is 27.6 Å². The molecule has 18 heavy (non-hydrogen) atoms. The molecule has 1 N–H and O–H groups in total. The number of benzene rings is 1. The van der Waals surface area contributed by atoms with Crippen molar-refractivity contribution >= 4 is 26.0 Å². The molecular formula is C11H13BrFNO3S. The number of rotatable bonds is 4. The van der Waals surface area contributed by atoms with Gasteiger partial charge < -0.3 is 0 Å². The van der Waals surface area contributed by atoms with Gasteiger partial charge in [-0.1, -0.05) is 17.7 Å². The second-order valence-electron chi connectivity index (χ2n) is 4.19. The van der Waals surface area contributed by atoms with Crippen molar-refractivity contribution in [2.24, 2.45) is 0 Å². The lowest BCUT2D eigenvalue weighted by Crippen LogP contribution is -2.28. The fraction of sp³-hybridized carbons (Fsp3) is 0.455. The SMILES string of the molecule is O=S(=O)(NOC1CCCC1)c1ccc(F)cc1Br. The molecule has 1 aromatic rings. The van der Waals surface area contributed by atoms with E-state index in [1.54, 1.807) is 0 Å². The number of hydrogen-bond acceptors (Lipinski definition) is 3. The summed E-state index contributed by atoms with van der Waals surface area (Å²) in [7, 11) is -3.78. The zero-order chi connectivity index (χ0) is 13.2. The zero-order valence-corrected chi connectivity index (χ0v) is 11.9. The molecule has 0 aliphatic heterocycles. The van der Waals surface area contributed by atoms with E-state index in [9.17, 15) is 12.8 Å². The Morgan fingerprint density at radius 3 is 2.61 bits per heavy atom. The third kappa shape index (κ3) is 3.28. The van der Waals surface area contributed by atoms with Gasteiger partial charge in [-0.2, -0.15) is 0 Å². The van der Waals surface area contributed by atoms with Crippen LogP contribution in [0.1, 0.15) is 25.7 Å². The molecule has 0 heterocycles. The first kappa shape index (κ1) is 13.9. The Labute approximate surface area is 114 Å². The first-order valence-corrected chi connectivity index (χ1v) is 7.89. The first-order chi connectivity index (χ1) is 8.49. The molecule has 0 aromatic heterocycles. The largest absolute Gasteiger partial charge is 0.284 e. The maximum absolute atomic E-state index is 12.9. The number of hydrogen-bond donors (Lipinski definition) is 1. The van der Waals surface area contributed by atoms with Crippen LogP contribution < -0.4 is 4.89 Å². The highest BCUT2D eigenvalue weighted by molar-refractivity contribution is 9.10. The Morgan fingerprint density at radius 2 is 2.00 bits per heavy atom.